The van der Waals surface area contributed by atoms with Gasteiger partial charge in [-0.15, -0.1) is 11.3 Å². The first kappa shape index (κ1) is 14.5. The van der Waals surface area contributed by atoms with Gasteiger partial charge in [0.15, 0.2) is 0 Å². The van der Waals surface area contributed by atoms with E-state index in [1.165, 1.54) is 10.4 Å². The molecule has 0 aromatic carbocycles. The van der Waals surface area contributed by atoms with Gasteiger partial charge in [0, 0.05) is 30.6 Å². The van der Waals surface area contributed by atoms with Gasteiger partial charge in [0.05, 0.1) is 5.54 Å². The highest BCUT2D eigenvalue weighted by Gasteiger charge is 2.25. The predicted octanol–water partition coefficient (Wildman–Crippen LogP) is 1.35. The van der Waals surface area contributed by atoms with Gasteiger partial charge in [-0.1, -0.05) is 0 Å². The van der Waals surface area contributed by atoms with Crippen LogP contribution in [-0.4, -0.2) is 35.5 Å². The average Bonchev–Trinajstić information content (AvgIpc) is 2.81. The number of nitrogens with one attached hydrogen (secondary N) is 1. The molecular formula is C14H23N3OS. The van der Waals surface area contributed by atoms with Crippen LogP contribution >= 0.6 is 11.3 Å². The average molecular weight is 281 g/mol. The van der Waals surface area contributed by atoms with E-state index < -0.39 is 5.54 Å². The van der Waals surface area contributed by atoms with Crippen molar-refractivity contribution >= 4 is 17.2 Å². The van der Waals surface area contributed by atoms with E-state index in [0.717, 1.165) is 19.5 Å². The molecule has 1 amide bonds. The molecule has 0 saturated carbocycles. The molecular weight excluding hydrogens is 258 g/mol. The van der Waals surface area contributed by atoms with Gasteiger partial charge < -0.3 is 11.1 Å². The Morgan fingerprint density at radius 3 is 3.05 bits per heavy atom. The zero-order valence-electron chi connectivity index (χ0n) is 11.9. The molecule has 1 aliphatic rings. The van der Waals surface area contributed by atoms with Crippen LogP contribution in [0, 0.1) is 0 Å². The molecule has 0 aliphatic carbocycles. The molecule has 5 heteroatoms. The summed E-state index contributed by atoms with van der Waals surface area (Å²) in [5.41, 5.74) is 6.40. The number of hydrogen-bond donors (Lipinski definition) is 2. The van der Waals surface area contributed by atoms with Crippen LogP contribution in [-0.2, 0) is 17.8 Å². The highest BCUT2D eigenvalue weighted by Crippen LogP contribution is 2.24. The fourth-order valence-electron chi connectivity index (χ4n) is 2.24. The molecule has 0 fully saturated rings. The van der Waals surface area contributed by atoms with E-state index in [1.807, 2.05) is 11.3 Å². The monoisotopic (exact) mass is 281 g/mol. The van der Waals surface area contributed by atoms with E-state index in [0.29, 0.717) is 12.6 Å². The summed E-state index contributed by atoms with van der Waals surface area (Å²) in [7, 11) is 0. The highest BCUT2D eigenvalue weighted by molar-refractivity contribution is 7.10. The number of hydrogen-bond acceptors (Lipinski definition) is 4. The molecule has 1 atom stereocenters. The quantitative estimate of drug-likeness (QED) is 0.876. The van der Waals surface area contributed by atoms with Crippen LogP contribution in [0.2, 0.25) is 0 Å². The zero-order valence-corrected chi connectivity index (χ0v) is 12.7. The zero-order chi connectivity index (χ0) is 14.0. The van der Waals surface area contributed by atoms with Crippen LogP contribution in [0.15, 0.2) is 11.4 Å². The lowest BCUT2D eigenvalue weighted by Crippen LogP contribution is -2.52. The first-order chi connectivity index (χ1) is 8.88. The van der Waals surface area contributed by atoms with Crippen LogP contribution in [0.3, 0.4) is 0 Å². The number of thiophene rings is 1. The van der Waals surface area contributed by atoms with Gasteiger partial charge in [-0.2, -0.15) is 0 Å². The summed E-state index contributed by atoms with van der Waals surface area (Å²) in [6.45, 7) is 8.32. The Kier molecular flexibility index (Phi) is 4.28. The van der Waals surface area contributed by atoms with Gasteiger partial charge >= 0.3 is 0 Å². The maximum absolute atomic E-state index is 11.8. The Labute approximate surface area is 119 Å². The molecule has 3 N–H and O–H groups in total. The highest BCUT2D eigenvalue weighted by atomic mass is 32.1. The molecule has 0 radical (unpaired) electrons. The number of nitrogens with two attached hydrogens (primary N) is 1. The normalized spacial score (nSPS) is 17.9. The Morgan fingerprint density at radius 1 is 1.63 bits per heavy atom. The number of nitrogens with zero attached hydrogens (tertiary/aromatic N) is 1. The van der Waals surface area contributed by atoms with E-state index in [1.54, 1.807) is 13.8 Å². The molecule has 0 saturated heterocycles. The number of amides is 1. The number of carbonyl (C=O) groups excluding carboxylic acids is 1. The summed E-state index contributed by atoms with van der Waals surface area (Å²) in [6, 6.07) is 2.54. The maximum atomic E-state index is 11.8. The van der Waals surface area contributed by atoms with Gasteiger partial charge in [0.25, 0.3) is 0 Å². The molecule has 0 spiro atoms. The van der Waals surface area contributed by atoms with Crippen molar-refractivity contribution in [3.05, 3.63) is 21.9 Å². The molecule has 1 aromatic heterocycles. The second kappa shape index (κ2) is 5.61. The summed E-state index contributed by atoms with van der Waals surface area (Å²) in [6.07, 6.45) is 1.12. The fraction of sp³-hybridized carbons (Fsp3) is 0.643. The number of carbonyl (C=O) groups is 1. The third-order valence-electron chi connectivity index (χ3n) is 3.60. The van der Waals surface area contributed by atoms with Gasteiger partial charge in [-0.3, -0.25) is 9.69 Å². The Balaban J connectivity index is 1.85. The third kappa shape index (κ3) is 3.55. The first-order valence-corrected chi connectivity index (χ1v) is 7.62. The predicted molar refractivity (Wildman–Crippen MR) is 79.2 cm³/mol. The Hall–Kier alpha value is -0.910. The molecule has 0 bridgehead atoms. The van der Waals surface area contributed by atoms with Gasteiger partial charge in [-0.05, 0) is 44.2 Å². The SMILES string of the molecule is CC(CNC(=O)C(C)(C)N)N1CCc2sccc2C1. The Bertz CT molecular complexity index is 450. The van der Waals surface area contributed by atoms with Crippen molar-refractivity contribution in [3.8, 4) is 0 Å². The van der Waals surface area contributed by atoms with Gasteiger partial charge in [0.1, 0.15) is 0 Å². The van der Waals surface area contributed by atoms with Crippen LogP contribution in [0.5, 0.6) is 0 Å². The van der Waals surface area contributed by atoms with Crippen LogP contribution in [0.1, 0.15) is 31.2 Å². The van der Waals surface area contributed by atoms with Gasteiger partial charge in [0.2, 0.25) is 5.91 Å². The van der Waals surface area contributed by atoms with Crippen LogP contribution < -0.4 is 11.1 Å². The maximum Gasteiger partial charge on any atom is 0.239 e. The van der Waals surface area contributed by atoms with Crippen molar-refractivity contribution in [2.75, 3.05) is 13.1 Å². The smallest absolute Gasteiger partial charge is 0.239 e. The summed E-state index contributed by atoms with van der Waals surface area (Å²) in [5, 5.41) is 5.10. The van der Waals surface area contributed by atoms with E-state index in [4.69, 9.17) is 5.73 Å². The minimum atomic E-state index is -0.803. The van der Waals surface area contributed by atoms with E-state index in [9.17, 15) is 4.79 Å². The molecule has 1 aromatic rings. The van der Waals surface area contributed by atoms with Crippen molar-refractivity contribution in [2.45, 2.75) is 45.3 Å². The molecule has 1 unspecified atom stereocenters. The minimum absolute atomic E-state index is 0.0902. The molecule has 2 heterocycles. The Morgan fingerprint density at radius 2 is 2.37 bits per heavy atom. The lowest BCUT2D eigenvalue weighted by molar-refractivity contribution is -0.125. The second-order valence-electron chi connectivity index (χ2n) is 5.87. The van der Waals surface area contributed by atoms with Crippen molar-refractivity contribution in [1.29, 1.82) is 0 Å². The summed E-state index contributed by atoms with van der Waals surface area (Å²) in [5.74, 6) is -0.0902. The van der Waals surface area contributed by atoms with Crippen LogP contribution in [0.4, 0.5) is 0 Å². The van der Waals surface area contributed by atoms with Gasteiger partial charge in [-0.25, -0.2) is 0 Å². The second-order valence-corrected chi connectivity index (χ2v) is 6.87. The summed E-state index contributed by atoms with van der Waals surface area (Å²) < 4.78 is 0. The van der Waals surface area contributed by atoms with Crippen molar-refractivity contribution in [1.82, 2.24) is 10.2 Å². The summed E-state index contributed by atoms with van der Waals surface area (Å²) in [4.78, 5) is 15.7. The van der Waals surface area contributed by atoms with E-state index in [-0.39, 0.29) is 5.91 Å². The number of fused-ring (bicyclic) bond motifs is 1. The van der Waals surface area contributed by atoms with E-state index >= 15 is 0 Å². The molecule has 106 valence electrons. The number of rotatable bonds is 4. The first-order valence-electron chi connectivity index (χ1n) is 6.74. The van der Waals surface area contributed by atoms with Crippen molar-refractivity contribution in [2.24, 2.45) is 5.73 Å². The molecule has 19 heavy (non-hydrogen) atoms. The lowest BCUT2D eigenvalue weighted by atomic mass is 10.1. The molecule has 2 rings (SSSR count). The van der Waals surface area contributed by atoms with Crippen molar-refractivity contribution < 1.29 is 4.79 Å². The lowest BCUT2D eigenvalue weighted by Gasteiger charge is -2.33. The van der Waals surface area contributed by atoms with Crippen molar-refractivity contribution in [3.63, 3.8) is 0 Å². The summed E-state index contributed by atoms with van der Waals surface area (Å²) >= 11 is 1.85. The minimum Gasteiger partial charge on any atom is -0.353 e. The fourth-order valence-corrected chi connectivity index (χ4v) is 3.13. The van der Waals surface area contributed by atoms with E-state index in [2.05, 4.69) is 28.6 Å². The largest absolute Gasteiger partial charge is 0.353 e. The third-order valence-corrected chi connectivity index (χ3v) is 4.63. The molecule has 4 nitrogen and oxygen atoms in total. The topological polar surface area (TPSA) is 58.4 Å². The van der Waals surface area contributed by atoms with Crippen LogP contribution in [0.25, 0.3) is 0 Å². The molecule has 1 aliphatic heterocycles. The standard InChI is InChI=1S/C14H23N3OS/c1-10(8-16-13(18)14(2,3)15)17-6-4-12-11(9-17)5-7-19-12/h5,7,10H,4,6,8-9,15H2,1-3H3,(H,16,18).